The van der Waals surface area contributed by atoms with Gasteiger partial charge in [0.05, 0.1) is 12.5 Å². The molecule has 0 saturated carbocycles. The maximum atomic E-state index is 11.2. The SMILES string of the molecule is O=C(CC(O)C[PH](=O)O)OC#Cc1cccnc1. The largest absolute Gasteiger partial charge is 0.392 e. The average Bonchev–Trinajstić information content (AvgIpc) is 2.29. The number of hydrogen-bond acceptors (Lipinski definition) is 5. The first-order chi connectivity index (χ1) is 8.58. The molecule has 1 aromatic heterocycles. The van der Waals surface area contributed by atoms with Crippen molar-refractivity contribution in [2.45, 2.75) is 12.5 Å². The van der Waals surface area contributed by atoms with Crippen molar-refractivity contribution in [3.63, 3.8) is 0 Å². The summed E-state index contributed by atoms with van der Waals surface area (Å²) < 4.78 is 15.0. The predicted molar refractivity (Wildman–Crippen MR) is 63.9 cm³/mol. The van der Waals surface area contributed by atoms with Gasteiger partial charge in [-0.2, -0.15) is 0 Å². The van der Waals surface area contributed by atoms with E-state index in [0.717, 1.165) is 0 Å². The molecule has 0 aliphatic heterocycles. The second-order valence-electron chi connectivity index (χ2n) is 3.40. The summed E-state index contributed by atoms with van der Waals surface area (Å²) in [5.74, 6) is 1.80. The number of hydrogen-bond donors (Lipinski definition) is 2. The highest BCUT2D eigenvalue weighted by Crippen LogP contribution is 2.15. The summed E-state index contributed by atoms with van der Waals surface area (Å²) >= 11 is 0. The first kappa shape index (κ1) is 14.4. The summed E-state index contributed by atoms with van der Waals surface area (Å²) in [7, 11) is -2.79. The van der Waals surface area contributed by atoms with Crippen LogP contribution in [-0.4, -0.2) is 33.2 Å². The lowest BCUT2D eigenvalue weighted by Gasteiger charge is -2.04. The molecule has 2 unspecified atom stereocenters. The Morgan fingerprint density at radius 1 is 1.61 bits per heavy atom. The van der Waals surface area contributed by atoms with E-state index >= 15 is 0 Å². The highest BCUT2D eigenvalue weighted by atomic mass is 31.1. The number of esters is 1. The third kappa shape index (κ3) is 6.16. The highest BCUT2D eigenvalue weighted by Gasteiger charge is 2.13. The van der Waals surface area contributed by atoms with Crippen molar-refractivity contribution in [2.24, 2.45) is 0 Å². The fraction of sp³-hybridized carbons (Fsp3) is 0.273. The van der Waals surface area contributed by atoms with E-state index in [4.69, 9.17) is 4.89 Å². The van der Waals surface area contributed by atoms with Gasteiger partial charge in [-0.05, 0) is 18.1 Å². The second kappa shape index (κ2) is 7.62. The van der Waals surface area contributed by atoms with Gasteiger partial charge in [-0.3, -0.25) is 14.3 Å². The molecule has 0 fully saturated rings. The van der Waals surface area contributed by atoms with Crippen molar-refractivity contribution in [3.8, 4) is 12.0 Å². The van der Waals surface area contributed by atoms with Gasteiger partial charge in [0.2, 0.25) is 0 Å². The van der Waals surface area contributed by atoms with Crippen LogP contribution in [0.25, 0.3) is 0 Å². The quantitative estimate of drug-likeness (QED) is 0.459. The van der Waals surface area contributed by atoms with Crippen LogP contribution < -0.4 is 0 Å². The van der Waals surface area contributed by atoms with Crippen molar-refractivity contribution < 1.29 is 24.1 Å². The van der Waals surface area contributed by atoms with Gasteiger partial charge in [0, 0.05) is 24.1 Å². The number of ether oxygens (including phenoxy) is 1. The lowest BCUT2D eigenvalue weighted by atomic mass is 10.3. The van der Waals surface area contributed by atoms with Crippen LogP contribution in [0.5, 0.6) is 0 Å². The molecule has 0 aromatic carbocycles. The van der Waals surface area contributed by atoms with Crippen molar-refractivity contribution in [2.75, 3.05) is 6.16 Å². The molecule has 7 heteroatoms. The molecule has 1 rings (SSSR count). The van der Waals surface area contributed by atoms with Crippen molar-refractivity contribution in [1.29, 1.82) is 0 Å². The maximum absolute atomic E-state index is 11.2. The van der Waals surface area contributed by atoms with E-state index in [0.29, 0.717) is 5.56 Å². The summed E-state index contributed by atoms with van der Waals surface area (Å²) in [5, 5.41) is 9.21. The molecule has 0 aliphatic rings. The minimum Gasteiger partial charge on any atom is -0.392 e. The monoisotopic (exact) mass is 269 g/mol. The van der Waals surface area contributed by atoms with Gasteiger partial charge in [-0.25, -0.2) is 0 Å². The van der Waals surface area contributed by atoms with Gasteiger partial charge in [-0.1, -0.05) is 0 Å². The van der Waals surface area contributed by atoms with Gasteiger partial charge in [0.1, 0.15) is 6.11 Å². The van der Waals surface area contributed by atoms with E-state index in [9.17, 15) is 14.5 Å². The zero-order valence-electron chi connectivity index (χ0n) is 9.37. The van der Waals surface area contributed by atoms with E-state index in [1.807, 2.05) is 0 Å². The minimum absolute atomic E-state index is 0.324. The maximum Gasteiger partial charge on any atom is 0.322 e. The zero-order valence-corrected chi connectivity index (χ0v) is 10.4. The number of carbonyl (C=O) groups excluding carboxylic acids is 1. The Hall–Kier alpha value is -1.67. The molecular formula is C11H12NO5P. The first-order valence-electron chi connectivity index (χ1n) is 5.08. The number of rotatable bonds is 4. The Balaban J connectivity index is 2.38. The van der Waals surface area contributed by atoms with Crippen LogP contribution >= 0.6 is 8.03 Å². The summed E-state index contributed by atoms with van der Waals surface area (Å²) in [6.45, 7) is 0. The number of aliphatic hydroxyl groups is 1. The topological polar surface area (TPSA) is 96.7 Å². The van der Waals surface area contributed by atoms with E-state index in [2.05, 4.69) is 21.7 Å². The van der Waals surface area contributed by atoms with Gasteiger partial charge < -0.3 is 14.7 Å². The van der Waals surface area contributed by atoms with E-state index in [1.165, 1.54) is 6.20 Å². The standard InChI is InChI=1S/C11H12NO5P/c13-10(8-18(15)16)6-11(14)17-5-3-9-2-1-4-12-7-9/h1-2,4,7,10,13,18H,6,8H2,(H,15,16). The van der Waals surface area contributed by atoms with Crippen LogP contribution in [-0.2, 0) is 14.1 Å². The second-order valence-corrected chi connectivity index (χ2v) is 4.59. The molecule has 0 amide bonds. The molecule has 1 aromatic rings. The zero-order chi connectivity index (χ0) is 13.4. The molecule has 2 atom stereocenters. The molecule has 6 nitrogen and oxygen atoms in total. The first-order valence-corrected chi connectivity index (χ1v) is 6.64. The lowest BCUT2D eigenvalue weighted by Crippen LogP contribution is -2.16. The third-order valence-electron chi connectivity index (χ3n) is 1.83. The molecule has 1 heterocycles. The predicted octanol–water partition coefficient (Wildman–Crippen LogP) is 0.152. The van der Waals surface area contributed by atoms with Gasteiger partial charge in [0.15, 0.2) is 8.03 Å². The normalized spacial score (nSPS) is 13.0. The molecule has 18 heavy (non-hydrogen) atoms. The smallest absolute Gasteiger partial charge is 0.322 e. The number of carbonyl (C=O) groups is 1. The van der Waals surface area contributed by atoms with E-state index in [1.54, 1.807) is 18.3 Å². The average molecular weight is 269 g/mol. The number of aromatic nitrogens is 1. The number of nitrogens with zero attached hydrogens (tertiary/aromatic N) is 1. The molecular weight excluding hydrogens is 257 g/mol. The highest BCUT2D eigenvalue weighted by molar-refractivity contribution is 7.38. The van der Waals surface area contributed by atoms with Gasteiger partial charge >= 0.3 is 5.97 Å². The van der Waals surface area contributed by atoms with Crippen LogP contribution in [0.15, 0.2) is 24.5 Å². The molecule has 96 valence electrons. The lowest BCUT2D eigenvalue weighted by molar-refractivity contribution is -0.138. The molecule has 2 N–H and O–H groups in total. The Labute approximate surface area is 104 Å². The van der Waals surface area contributed by atoms with Crippen LogP contribution in [0, 0.1) is 12.0 Å². The molecule has 0 radical (unpaired) electrons. The van der Waals surface area contributed by atoms with Gasteiger partial charge in [-0.15, -0.1) is 0 Å². The summed E-state index contributed by atoms with van der Waals surface area (Å²) in [6.07, 6.45) is 3.40. The fourth-order valence-electron chi connectivity index (χ4n) is 1.09. The van der Waals surface area contributed by atoms with E-state index < -0.39 is 20.1 Å². The van der Waals surface area contributed by atoms with Crippen molar-refractivity contribution in [1.82, 2.24) is 4.98 Å². The fourth-order valence-corrected chi connectivity index (χ4v) is 1.63. The molecule has 0 spiro atoms. The number of aliphatic hydroxyl groups excluding tert-OH is 1. The molecule has 0 bridgehead atoms. The van der Waals surface area contributed by atoms with Gasteiger partial charge in [0.25, 0.3) is 0 Å². The van der Waals surface area contributed by atoms with Crippen LogP contribution in [0.1, 0.15) is 12.0 Å². The van der Waals surface area contributed by atoms with Crippen LogP contribution in [0.2, 0.25) is 0 Å². The van der Waals surface area contributed by atoms with E-state index in [-0.39, 0.29) is 12.6 Å². The van der Waals surface area contributed by atoms with Crippen LogP contribution in [0.3, 0.4) is 0 Å². The molecule has 0 saturated heterocycles. The third-order valence-corrected chi connectivity index (χ3v) is 2.65. The Kier molecular flexibility index (Phi) is 6.09. The summed E-state index contributed by atoms with van der Waals surface area (Å²) in [5.41, 5.74) is 0.589. The minimum atomic E-state index is -2.79. The Bertz CT molecular complexity index is 479. The van der Waals surface area contributed by atoms with Crippen molar-refractivity contribution in [3.05, 3.63) is 30.1 Å². The summed E-state index contributed by atoms with van der Waals surface area (Å²) in [6, 6.07) is 3.38. The van der Waals surface area contributed by atoms with Crippen molar-refractivity contribution >= 4 is 14.0 Å². The Morgan fingerprint density at radius 3 is 3.00 bits per heavy atom. The van der Waals surface area contributed by atoms with Crippen LogP contribution in [0.4, 0.5) is 0 Å². The molecule has 0 aliphatic carbocycles. The number of pyridine rings is 1. The summed E-state index contributed by atoms with van der Waals surface area (Å²) in [4.78, 5) is 23.5. The Morgan fingerprint density at radius 2 is 2.39 bits per heavy atom.